The monoisotopic (exact) mass is 590 g/mol. The molecule has 224 valence electrons. The fourth-order valence-electron chi connectivity index (χ4n) is 8.54. The van der Waals surface area contributed by atoms with Crippen LogP contribution in [0, 0.1) is 5.41 Å². The molecule has 45 heavy (non-hydrogen) atoms. The molecule has 0 saturated heterocycles. The number of para-hydroxylation sites is 2. The van der Waals surface area contributed by atoms with Gasteiger partial charge in [-0.1, -0.05) is 86.0 Å². The van der Waals surface area contributed by atoms with Crippen molar-refractivity contribution in [2.75, 3.05) is 16.6 Å². The fourth-order valence-corrected chi connectivity index (χ4v) is 8.54. The number of hydroxylamine groups is 1. The van der Waals surface area contributed by atoms with E-state index in [1.165, 1.54) is 59.9 Å². The van der Waals surface area contributed by atoms with Crippen LogP contribution < -0.4 is 14.8 Å². The second-order valence-electron chi connectivity index (χ2n) is 13.6. The topological polar surface area (TPSA) is 41.5 Å². The maximum absolute atomic E-state index is 6.75. The summed E-state index contributed by atoms with van der Waals surface area (Å²) in [5.74, 6) is 2.26. The Morgan fingerprint density at radius 2 is 1.40 bits per heavy atom. The molecule has 0 radical (unpaired) electrons. The third-order valence-electron chi connectivity index (χ3n) is 10.6. The van der Waals surface area contributed by atoms with Crippen molar-refractivity contribution in [3.8, 4) is 17.1 Å². The zero-order valence-electron chi connectivity index (χ0n) is 25.7. The summed E-state index contributed by atoms with van der Waals surface area (Å²) in [4.78, 5) is 19.1. The predicted octanol–water partition coefficient (Wildman–Crippen LogP) is 8.98. The average molecular weight is 591 g/mol. The summed E-state index contributed by atoms with van der Waals surface area (Å²) in [6.45, 7) is 0.555. The lowest BCUT2D eigenvalue weighted by Crippen LogP contribution is -2.31. The molecular formula is C40H38N4O. The summed E-state index contributed by atoms with van der Waals surface area (Å²) in [5, 5.41) is 1.99. The summed E-state index contributed by atoms with van der Waals surface area (Å²) in [6, 6.07) is 34.9. The van der Waals surface area contributed by atoms with Crippen LogP contribution in [0.2, 0.25) is 0 Å². The number of hydrogen-bond donors (Lipinski definition) is 0. The van der Waals surface area contributed by atoms with Crippen LogP contribution in [0.1, 0.15) is 65.8 Å². The van der Waals surface area contributed by atoms with E-state index in [2.05, 4.69) is 102 Å². The quantitative estimate of drug-likeness (QED) is 0.204. The van der Waals surface area contributed by atoms with E-state index >= 15 is 0 Å². The Bertz CT molecular complexity index is 1850. The fraction of sp³-hybridized carbons (Fsp3) is 0.300. The maximum Gasteiger partial charge on any atom is 0.246 e. The lowest BCUT2D eigenvalue weighted by Gasteiger charge is -2.24. The molecule has 3 heterocycles. The number of fused-ring (bicyclic) bond motifs is 3. The minimum atomic E-state index is 0.224. The van der Waals surface area contributed by atoms with E-state index in [-0.39, 0.29) is 5.41 Å². The lowest BCUT2D eigenvalue weighted by molar-refractivity contribution is 0.277. The molecule has 3 aliphatic carbocycles. The summed E-state index contributed by atoms with van der Waals surface area (Å²) >= 11 is 0. The van der Waals surface area contributed by atoms with E-state index in [1.807, 2.05) is 11.3 Å². The Morgan fingerprint density at radius 3 is 2.20 bits per heavy atom. The Labute approximate surface area is 265 Å². The van der Waals surface area contributed by atoms with Gasteiger partial charge in [-0.2, -0.15) is 5.06 Å². The van der Waals surface area contributed by atoms with Crippen LogP contribution >= 0.6 is 0 Å². The van der Waals surface area contributed by atoms with Crippen molar-refractivity contribution >= 4 is 17.2 Å². The predicted molar refractivity (Wildman–Crippen MR) is 180 cm³/mol. The number of pyridine rings is 2. The molecule has 9 rings (SSSR count). The minimum Gasteiger partial charge on any atom is -0.357 e. The Morgan fingerprint density at radius 1 is 0.689 bits per heavy atom. The van der Waals surface area contributed by atoms with Gasteiger partial charge in [-0.15, -0.1) is 0 Å². The Hall–Kier alpha value is -4.64. The van der Waals surface area contributed by atoms with Crippen molar-refractivity contribution in [2.45, 2.75) is 63.7 Å². The molecule has 0 bridgehead atoms. The molecule has 0 amide bonds. The largest absolute Gasteiger partial charge is 0.357 e. The summed E-state index contributed by atoms with van der Waals surface area (Å²) < 4.78 is 0. The summed E-state index contributed by atoms with van der Waals surface area (Å²) in [7, 11) is 0. The third-order valence-corrected chi connectivity index (χ3v) is 10.6. The smallest absolute Gasteiger partial charge is 0.246 e. The molecule has 0 unspecified atom stereocenters. The first-order valence-electron chi connectivity index (χ1n) is 16.6. The standard InChI is InChI=1S/C40H38N4O/c1-3-11-28(12-4-1)30-19-20-41-37(21-30)43-27-44(36-18-10-9-17-35(36)43)45-38-22-33-25-40(23-31-15-7-8-16-32(31)24-40)26-34(33)39(42-38)29-13-5-2-6-14-29/h2,5-10,13-22,28H,1,3-4,11-12,23-27H2. The van der Waals surface area contributed by atoms with Crippen molar-refractivity contribution in [3.63, 3.8) is 0 Å². The molecule has 5 aromatic rings. The minimum absolute atomic E-state index is 0.224. The maximum atomic E-state index is 6.75. The second-order valence-corrected chi connectivity index (χ2v) is 13.6. The molecule has 0 atom stereocenters. The van der Waals surface area contributed by atoms with Gasteiger partial charge in [0, 0.05) is 17.8 Å². The van der Waals surface area contributed by atoms with Gasteiger partial charge in [0.1, 0.15) is 18.2 Å². The molecule has 5 nitrogen and oxygen atoms in total. The van der Waals surface area contributed by atoms with Crippen molar-refractivity contribution in [3.05, 3.63) is 131 Å². The second kappa shape index (κ2) is 10.8. The SMILES string of the molecule is c1ccc(-c2nc(ON3CN(c4cc(C5CCCCC5)ccn4)c4ccccc43)cc3c2CC2(Cc4ccccc4C2)C3)cc1. The van der Waals surface area contributed by atoms with Gasteiger partial charge in [0.05, 0.1) is 11.4 Å². The summed E-state index contributed by atoms with van der Waals surface area (Å²) in [6.07, 6.45) is 12.9. The van der Waals surface area contributed by atoms with Crippen LogP contribution in [-0.4, -0.2) is 16.6 Å². The number of rotatable bonds is 5. The first kappa shape index (κ1) is 26.7. The molecule has 1 spiro atoms. The van der Waals surface area contributed by atoms with Gasteiger partial charge in [-0.25, -0.2) is 9.97 Å². The van der Waals surface area contributed by atoms with E-state index in [4.69, 9.17) is 14.8 Å². The van der Waals surface area contributed by atoms with Gasteiger partial charge < -0.3 is 9.74 Å². The van der Waals surface area contributed by atoms with E-state index in [1.54, 1.807) is 0 Å². The van der Waals surface area contributed by atoms with Crippen LogP contribution in [0.4, 0.5) is 17.2 Å². The molecule has 4 aliphatic rings. The van der Waals surface area contributed by atoms with Crippen LogP contribution in [0.3, 0.4) is 0 Å². The molecule has 1 aliphatic heterocycles. The van der Waals surface area contributed by atoms with Crippen molar-refractivity contribution in [1.82, 2.24) is 9.97 Å². The zero-order valence-corrected chi connectivity index (χ0v) is 25.7. The molecular weight excluding hydrogens is 552 g/mol. The molecule has 5 heteroatoms. The van der Waals surface area contributed by atoms with Crippen LogP contribution in [-0.2, 0) is 25.7 Å². The van der Waals surface area contributed by atoms with Gasteiger partial charge >= 0.3 is 0 Å². The van der Waals surface area contributed by atoms with Gasteiger partial charge in [0.2, 0.25) is 5.88 Å². The molecule has 1 saturated carbocycles. The number of nitrogens with zero attached hydrogens (tertiary/aromatic N) is 4. The van der Waals surface area contributed by atoms with Crippen LogP contribution in [0.5, 0.6) is 5.88 Å². The number of aromatic nitrogens is 2. The van der Waals surface area contributed by atoms with Crippen molar-refractivity contribution in [1.29, 1.82) is 0 Å². The highest BCUT2D eigenvalue weighted by molar-refractivity contribution is 5.80. The van der Waals surface area contributed by atoms with Crippen molar-refractivity contribution < 1.29 is 4.84 Å². The Balaban J connectivity index is 1.04. The first-order chi connectivity index (χ1) is 22.2. The van der Waals surface area contributed by atoms with Gasteiger partial charge in [0.15, 0.2) is 0 Å². The average Bonchev–Trinajstić information content (AvgIpc) is 3.77. The van der Waals surface area contributed by atoms with Gasteiger partial charge in [0.25, 0.3) is 0 Å². The summed E-state index contributed by atoms with van der Waals surface area (Å²) in [5.41, 5.74) is 11.8. The highest BCUT2D eigenvalue weighted by Gasteiger charge is 2.43. The lowest BCUT2D eigenvalue weighted by atomic mass is 9.81. The van der Waals surface area contributed by atoms with E-state index in [0.717, 1.165) is 54.1 Å². The highest BCUT2D eigenvalue weighted by Crippen LogP contribution is 2.50. The van der Waals surface area contributed by atoms with Crippen LogP contribution in [0.15, 0.2) is 103 Å². The zero-order chi connectivity index (χ0) is 29.8. The molecule has 1 fully saturated rings. The molecule has 3 aromatic carbocycles. The van der Waals surface area contributed by atoms with Crippen molar-refractivity contribution in [2.24, 2.45) is 5.41 Å². The molecule has 0 N–H and O–H groups in total. The molecule has 2 aromatic heterocycles. The van der Waals surface area contributed by atoms with Gasteiger partial charge in [-0.3, -0.25) is 0 Å². The first-order valence-corrected chi connectivity index (χ1v) is 16.6. The normalized spacial score (nSPS) is 18.2. The number of benzene rings is 3. The Kier molecular flexibility index (Phi) is 6.39. The number of hydrogen-bond acceptors (Lipinski definition) is 5. The van der Waals surface area contributed by atoms with E-state index < -0.39 is 0 Å². The third kappa shape index (κ3) is 4.77. The number of anilines is 3. The van der Waals surface area contributed by atoms with E-state index in [0.29, 0.717) is 18.5 Å². The highest BCUT2D eigenvalue weighted by atomic mass is 16.7. The van der Waals surface area contributed by atoms with Crippen LogP contribution in [0.25, 0.3) is 11.3 Å². The van der Waals surface area contributed by atoms with E-state index in [9.17, 15) is 0 Å². The van der Waals surface area contributed by atoms with Gasteiger partial charge in [-0.05, 0) is 102 Å².